The molecule has 1 aromatic heterocycles. The Bertz CT molecular complexity index is 1050. The molecule has 1 aromatic carbocycles. The summed E-state index contributed by atoms with van der Waals surface area (Å²) in [7, 11) is 0. The van der Waals surface area contributed by atoms with Crippen molar-refractivity contribution in [3.63, 3.8) is 0 Å². The van der Waals surface area contributed by atoms with E-state index >= 15 is 0 Å². The fourth-order valence-corrected chi connectivity index (χ4v) is 6.64. The van der Waals surface area contributed by atoms with Gasteiger partial charge in [-0.1, -0.05) is 31.9 Å². The number of carbonyl (C=O) groups is 1. The van der Waals surface area contributed by atoms with Crippen LogP contribution in [0.3, 0.4) is 0 Å². The molecule has 1 aliphatic heterocycles. The highest BCUT2D eigenvalue weighted by molar-refractivity contribution is 6.30. The highest BCUT2D eigenvalue weighted by Crippen LogP contribution is 2.61. The van der Waals surface area contributed by atoms with Gasteiger partial charge in [-0.3, -0.25) is 9.48 Å². The van der Waals surface area contributed by atoms with Crippen molar-refractivity contribution >= 4 is 29.1 Å². The third-order valence-electron chi connectivity index (χ3n) is 8.37. The van der Waals surface area contributed by atoms with Crippen LogP contribution in [0.15, 0.2) is 18.2 Å². The van der Waals surface area contributed by atoms with E-state index in [4.69, 9.17) is 33.0 Å². The molecule has 0 spiro atoms. The molecule has 2 heterocycles. The van der Waals surface area contributed by atoms with Crippen LogP contribution in [0.1, 0.15) is 68.4 Å². The highest BCUT2D eigenvalue weighted by atomic mass is 35.5. The van der Waals surface area contributed by atoms with Gasteiger partial charge in [0.1, 0.15) is 12.4 Å². The smallest absolute Gasteiger partial charge is 0.272 e. The summed E-state index contributed by atoms with van der Waals surface area (Å²) in [5.41, 5.74) is 3.69. The molecule has 3 atom stereocenters. The summed E-state index contributed by atoms with van der Waals surface area (Å²) in [6, 6.07) is 5.66. The Morgan fingerprint density at radius 3 is 2.88 bits per heavy atom. The molecule has 3 aliphatic carbocycles. The number of carbonyl (C=O) groups excluding carboxylic acids is 1. The first-order valence-corrected chi connectivity index (χ1v) is 13.2. The summed E-state index contributed by atoms with van der Waals surface area (Å²) in [5, 5.41) is 8.65. The van der Waals surface area contributed by atoms with E-state index in [1.807, 2.05) is 22.9 Å². The van der Waals surface area contributed by atoms with Gasteiger partial charge in [-0.05, 0) is 73.5 Å². The minimum Gasteiger partial charge on any atom is -0.488 e. The van der Waals surface area contributed by atoms with Gasteiger partial charge in [0.05, 0.1) is 5.69 Å². The Labute approximate surface area is 206 Å². The lowest BCUT2D eigenvalue weighted by Crippen LogP contribution is -2.54. The molecular formula is C26H33Cl2N3O2. The van der Waals surface area contributed by atoms with Crippen molar-refractivity contribution in [2.24, 2.45) is 23.2 Å². The van der Waals surface area contributed by atoms with Crippen LogP contribution in [-0.2, 0) is 13.2 Å². The normalized spacial score (nSPS) is 24.3. The Morgan fingerprint density at radius 2 is 2.12 bits per heavy atom. The second-order valence-corrected chi connectivity index (χ2v) is 11.3. The lowest BCUT2D eigenvalue weighted by Gasteiger charge is -2.60. The number of amides is 1. The van der Waals surface area contributed by atoms with Gasteiger partial charge in [0, 0.05) is 35.1 Å². The minimum absolute atomic E-state index is 0.0916. The molecule has 7 heteroatoms. The zero-order chi connectivity index (χ0) is 23.2. The maximum absolute atomic E-state index is 13.3. The van der Waals surface area contributed by atoms with Crippen LogP contribution in [0.25, 0.3) is 11.3 Å². The quantitative estimate of drug-likeness (QED) is 0.349. The Balaban J connectivity index is 1.37. The number of fused-ring (bicyclic) bond motifs is 5. The third-order valence-corrected chi connectivity index (χ3v) is 8.87. The number of aryl methyl sites for hydroxylation is 1. The monoisotopic (exact) mass is 489 g/mol. The third kappa shape index (κ3) is 4.16. The zero-order valence-electron chi connectivity index (χ0n) is 19.5. The molecule has 6 rings (SSSR count). The Hall–Kier alpha value is -1.72. The van der Waals surface area contributed by atoms with Gasteiger partial charge in [-0.15, -0.1) is 11.6 Å². The van der Waals surface area contributed by atoms with E-state index < -0.39 is 0 Å². The second-order valence-electron chi connectivity index (χ2n) is 10.5. The molecule has 1 amide bonds. The van der Waals surface area contributed by atoms with E-state index in [1.165, 1.54) is 19.3 Å². The molecule has 3 unspecified atom stereocenters. The number of benzene rings is 1. The van der Waals surface area contributed by atoms with Gasteiger partial charge < -0.3 is 10.1 Å². The summed E-state index contributed by atoms with van der Waals surface area (Å²) in [5.74, 6) is 3.45. The lowest BCUT2D eigenvalue weighted by molar-refractivity contribution is -0.103. The van der Waals surface area contributed by atoms with Gasteiger partial charge >= 0.3 is 0 Å². The van der Waals surface area contributed by atoms with Crippen LogP contribution >= 0.6 is 23.2 Å². The molecule has 33 heavy (non-hydrogen) atoms. The second kappa shape index (κ2) is 9.14. The van der Waals surface area contributed by atoms with E-state index in [0.29, 0.717) is 40.5 Å². The number of alkyl halides is 1. The molecule has 1 N–H and O–H groups in total. The van der Waals surface area contributed by atoms with Crippen LogP contribution in [0.2, 0.25) is 5.02 Å². The predicted octanol–water partition coefficient (Wildman–Crippen LogP) is 6.31. The van der Waals surface area contributed by atoms with E-state index in [-0.39, 0.29) is 5.91 Å². The SMILES string of the molecule is CC1(C)C2CCC(CNC(=O)c3nn(CCCCCCl)c4c3COc3cc(Cl)ccc3-4)C1C2. The van der Waals surface area contributed by atoms with Gasteiger partial charge in [0.2, 0.25) is 0 Å². The number of rotatable bonds is 8. The number of ether oxygens (including phenoxy) is 1. The fourth-order valence-electron chi connectivity index (χ4n) is 6.29. The van der Waals surface area contributed by atoms with Crippen LogP contribution in [0, 0.1) is 23.2 Å². The number of unbranched alkanes of at least 4 members (excludes halogenated alkanes) is 2. The number of nitrogens with zero attached hydrogens (tertiary/aromatic N) is 2. The summed E-state index contributed by atoms with van der Waals surface area (Å²) in [6.45, 7) is 6.58. The van der Waals surface area contributed by atoms with Crippen molar-refractivity contribution in [3.8, 4) is 17.0 Å². The number of hydrogen-bond donors (Lipinski definition) is 1. The number of halogens is 2. The minimum atomic E-state index is -0.0916. The van der Waals surface area contributed by atoms with Gasteiger partial charge in [0.15, 0.2) is 5.69 Å². The first kappa shape index (κ1) is 23.0. The van der Waals surface area contributed by atoms with Crippen LogP contribution in [0.4, 0.5) is 0 Å². The maximum Gasteiger partial charge on any atom is 0.272 e. The van der Waals surface area contributed by atoms with Crippen molar-refractivity contribution in [2.75, 3.05) is 12.4 Å². The van der Waals surface area contributed by atoms with Crippen LogP contribution < -0.4 is 10.1 Å². The predicted molar refractivity (Wildman–Crippen MR) is 132 cm³/mol. The summed E-state index contributed by atoms with van der Waals surface area (Å²) < 4.78 is 7.97. The molecular weight excluding hydrogens is 457 g/mol. The lowest BCUT2D eigenvalue weighted by atomic mass is 9.45. The van der Waals surface area contributed by atoms with E-state index in [2.05, 4.69) is 19.2 Å². The van der Waals surface area contributed by atoms with Crippen molar-refractivity contribution in [1.29, 1.82) is 0 Å². The van der Waals surface area contributed by atoms with Crippen LogP contribution in [0.5, 0.6) is 5.75 Å². The number of nitrogens with one attached hydrogen (secondary N) is 1. The van der Waals surface area contributed by atoms with Crippen molar-refractivity contribution in [2.45, 2.75) is 65.5 Å². The maximum atomic E-state index is 13.3. The first-order valence-electron chi connectivity index (χ1n) is 12.3. The first-order chi connectivity index (χ1) is 15.9. The molecule has 3 fully saturated rings. The average Bonchev–Trinajstić information content (AvgIpc) is 3.19. The molecule has 2 aromatic rings. The standard InChI is InChI=1S/C26H33Cl2N3O2/c1-26(2)17-7-6-16(21(26)12-17)14-29-25(32)23-20-15-33-22-13-18(28)8-9-19(22)24(20)31(30-23)11-5-3-4-10-27/h8-9,13,16-17,21H,3-7,10-12,14-15H2,1-2H3,(H,29,32). The van der Waals surface area contributed by atoms with Crippen molar-refractivity contribution in [1.82, 2.24) is 15.1 Å². The van der Waals surface area contributed by atoms with Crippen molar-refractivity contribution < 1.29 is 9.53 Å². The molecule has 2 bridgehead atoms. The summed E-state index contributed by atoms with van der Waals surface area (Å²) >= 11 is 12.0. The number of aromatic nitrogens is 2. The van der Waals surface area contributed by atoms with E-state index in [1.54, 1.807) is 0 Å². The van der Waals surface area contributed by atoms with Gasteiger partial charge in [-0.25, -0.2) is 0 Å². The topological polar surface area (TPSA) is 56.2 Å². The number of hydrogen-bond acceptors (Lipinski definition) is 3. The molecule has 0 radical (unpaired) electrons. The fraction of sp³-hybridized carbons (Fsp3) is 0.615. The highest BCUT2D eigenvalue weighted by Gasteiger charge is 2.54. The molecule has 0 saturated heterocycles. The average molecular weight is 490 g/mol. The molecule has 5 nitrogen and oxygen atoms in total. The largest absolute Gasteiger partial charge is 0.488 e. The van der Waals surface area contributed by atoms with Gasteiger partial charge in [-0.2, -0.15) is 5.10 Å². The van der Waals surface area contributed by atoms with E-state index in [0.717, 1.165) is 60.8 Å². The van der Waals surface area contributed by atoms with Crippen LogP contribution in [-0.4, -0.2) is 28.1 Å². The van der Waals surface area contributed by atoms with Gasteiger partial charge in [0.25, 0.3) is 5.91 Å². The van der Waals surface area contributed by atoms with E-state index in [9.17, 15) is 4.79 Å². The Morgan fingerprint density at radius 1 is 1.27 bits per heavy atom. The summed E-state index contributed by atoms with van der Waals surface area (Å²) in [4.78, 5) is 13.3. The molecule has 4 aliphatic rings. The zero-order valence-corrected chi connectivity index (χ0v) is 21.0. The Kier molecular flexibility index (Phi) is 6.39. The molecule has 3 saturated carbocycles. The van der Waals surface area contributed by atoms with Crippen molar-refractivity contribution in [3.05, 3.63) is 34.5 Å². The molecule has 178 valence electrons. The summed E-state index contributed by atoms with van der Waals surface area (Å²) in [6.07, 6.45) is 6.78.